The summed E-state index contributed by atoms with van der Waals surface area (Å²) in [4.78, 5) is 14.0. The van der Waals surface area contributed by atoms with Crippen molar-refractivity contribution in [3.8, 4) is 12.3 Å². The molecule has 1 atom stereocenters. The molecule has 1 aliphatic carbocycles. The summed E-state index contributed by atoms with van der Waals surface area (Å²) in [7, 11) is 0. The number of hydrogen-bond donors (Lipinski definition) is 1. The van der Waals surface area contributed by atoms with Crippen LogP contribution in [-0.4, -0.2) is 11.9 Å². The van der Waals surface area contributed by atoms with Crippen LogP contribution in [0.2, 0.25) is 0 Å². The van der Waals surface area contributed by atoms with E-state index in [4.69, 9.17) is 6.42 Å². The van der Waals surface area contributed by atoms with Crippen LogP contribution in [-0.2, 0) is 12.8 Å². The summed E-state index contributed by atoms with van der Waals surface area (Å²) in [6.07, 6.45) is 9.96. The number of nitrogens with one attached hydrogen (secondary N) is 1. The van der Waals surface area contributed by atoms with Crippen molar-refractivity contribution >= 4 is 17.2 Å². The minimum atomic E-state index is -0.202. The molecule has 0 saturated carbocycles. The minimum Gasteiger partial charge on any atom is -0.338 e. The lowest BCUT2D eigenvalue weighted by Gasteiger charge is -2.08. The molecule has 84 valence electrons. The largest absolute Gasteiger partial charge is 0.338 e. The third-order valence-corrected chi connectivity index (χ3v) is 4.05. The summed E-state index contributed by atoms with van der Waals surface area (Å²) < 4.78 is 0. The Kier molecular flexibility index (Phi) is 3.31. The molecule has 1 amide bonds. The molecule has 0 bridgehead atoms. The number of aryl methyl sites for hydroxylation is 2. The Morgan fingerprint density at radius 1 is 1.56 bits per heavy atom. The average Bonchev–Trinajstić information content (AvgIpc) is 2.72. The van der Waals surface area contributed by atoms with E-state index < -0.39 is 0 Å². The second-order valence-electron chi connectivity index (χ2n) is 4.13. The lowest BCUT2D eigenvalue weighted by Crippen LogP contribution is -2.30. The molecular formula is C13H15NOS. The van der Waals surface area contributed by atoms with Gasteiger partial charge in [-0.05, 0) is 44.2 Å². The molecule has 1 aliphatic rings. The Balaban J connectivity index is 2.12. The molecule has 2 nitrogen and oxygen atoms in total. The monoisotopic (exact) mass is 233 g/mol. The summed E-state index contributed by atoms with van der Waals surface area (Å²) in [5.74, 6) is 2.46. The van der Waals surface area contributed by atoms with E-state index in [9.17, 15) is 4.79 Å². The minimum absolute atomic E-state index is 0.0372. The highest BCUT2D eigenvalue weighted by molar-refractivity contribution is 7.14. The van der Waals surface area contributed by atoms with Crippen LogP contribution in [0.25, 0.3) is 0 Å². The molecule has 3 heteroatoms. The highest BCUT2D eigenvalue weighted by Gasteiger charge is 2.17. The van der Waals surface area contributed by atoms with Crippen LogP contribution in [0.3, 0.4) is 0 Å². The van der Waals surface area contributed by atoms with Crippen molar-refractivity contribution in [2.45, 2.75) is 38.6 Å². The van der Waals surface area contributed by atoms with E-state index in [1.54, 1.807) is 11.3 Å². The van der Waals surface area contributed by atoms with Crippen LogP contribution in [0, 0.1) is 12.3 Å². The quantitative estimate of drug-likeness (QED) is 0.781. The van der Waals surface area contributed by atoms with Crippen molar-refractivity contribution in [2.24, 2.45) is 0 Å². The molecule has 1 aromatic rings. The maximum atomic E-state index is 11.8. The number of amides is 1. The molecule has 0 spiro atoms. The van der Waals surface area contributed by atoms with Gasteiger partial charge in [0.2, 0.25) is 0 Å². The van der Waals surface area contributed by atoms with Gasteiger partial charge in [0.25, 0.3) is 5.91 Å². The van der Waals surface area contributed by atoms with Crippen LogP contribution in [0.1, 0.15) is 39.9 Å². The van der Waals surface area contributed by atoms with Gasteiger partial charge in [-0.1, -0.05) is 5.92 Å². The fourth-order valence-electron chi connectivity index (χ4n) is 1.91. The normalized spacial score (nSPS) is 16.0. The van der Waals surface area contributed by atoms with Gasteiger partial charge in [-0.15, -0.1) is 17.8 Å². The molecular weight excluding hydrogens is 218 g/mol. The molecule has 1 heterocycles. The maximum Gasteiger partial charge on any atom is 0.262 e. The van der Waals surface area contributed by atoms with Gasteiger partial charge >= 0.3 is 0 Å². The Labute approximate surface area is 100 Å². The molecule has 1 N–H and O–H groups in total. The highest BCUT2D eigenvalue weighted by atomic mass is 32.1. The van der Waals surface area contributed by atoms with Crippen molar-refractivity contribution < 1.29 is 4.79 Å². The van der Waals surface area contributed by atoms with Gasteiger partial charge in [0.1, 0.15) is 0 Å². The summed E-state index contributed by atoms with van der Waals surface area (Å²) >= 11 is 1.62. The number of carbonyl (C=O) groups excluding carboxylic acids is 1. The molecule has 1 aromatic heterocycles. The molecule has 0 radical (unpaired) electrons. The summed E-state index contributed by atoms with van der Waals surface area (Å²) in [6.45, 7) is 1.81. The van der Waals surface area contributed by atoms with Gasteiger partial charge in [-0.25, -0.2) is 0 Å². The van der Waals surface area contributed by atoms with Crippen LogP contribution in [0.15, 0.2) is 6.07 Å². The van der Waals surface area contributed by atoms with Crippen molar-refractivity contribution in [3.05, 3.63) is 21.4 Å². The van der Waals surface area contributed by atoms with Gasteiger partial charge in [0.05, 0.1) is 10.9 Å². The van der Waals surface area contributed by atoms with Crippen LogP contribution in [0.5, 0.6) is 0 Å². The van der Waals surface area contributed by atoms with Crippen molar-refractivity contribution in [2.75, 3.05) is 0 Å². The number of rotatable bonds is 2. The molecule has 0 fully saturated rings. The molecule has 0 aliphatic heterocycles. The van der Waals surface area contributed by atoms with E-state index in [-0.39, 0.29) is 11.9 Å². The van der Waals surface area contributed by atoms with Crippen molar-refractivity contribution in [1.29, 1.82) is 0 Å². The number of carbonyl (C=O) groups is 1. The third-order valence-electron chi connectivity index (χ3n) is 2.82. The van der Waals surface area contributed by atoms with E-state index in [1.807, 2.05) is 13.0 Å². The molecule has 0 aromatic carbocycles. The first-order valence-corrected chi connectivity index (χ1v) is 6.41. The van der Waals surface area contributed by atoms with Crippen molar-refractivity contribution in [1.82, 2.24) is 5.32 Å². The Morgan fingerprint density at radius 2 is 2.31 bits per heavy atom. The SMILES string of the molecule is C#CC(C)NC(=O)c1cc2c(s1)CCCC2. The average molecular weight is 233 g/mol. The van der Waals surface area contributed by atoms with E-state index in [0.29, 0.717) is 0 Å². The number of fused-ring (bicyclic) bond motifs is 1. The topological polar surface area (TPSA) is 29.1 Å². The number of terminal acetylenes is 1. The second kappa shape index (κ2) is 4.71. The Morgan fingerprint density at radius 3 is 3.00 bits per heavy atom. The first kappa shape index (κ1) is 11.2. The van der Waals surface area contributed by atoms with E-state index in [2.05, 4.69) is 11.2 Å². The smallest absolute Gasteiger partial charge is 0.262 e. The summed E-state index contributed by atoms with van der Waals surface area (Å²) in [5.41, 5.74) is 1.36. The van der Waals surface area contributed by atoms with E-state index in [0.717, 1.165) is 17.7 Å². The lowest BCUT2D eigenvalue weighted by molar-refractivity contribution is 0.0952. The Hall–Kier alpha value is -1.27. The second-order valence-corrected chi connectivity index (χ2v) is 5.26. The Bertz CT molecular complexity index is 418. The first-order chi connectivity index (χ1) is 7.70. The van der Waals surface area contributed by atoms with Gasteiger partial charge in [0, 0.05) is 4.88 Å². The van der Waals surface area contributed by atoms with Crippen LogP contribution >= 0.6 is 11.3 Å². The third kappa shape index (κ3) is 2.28. The highest BCUT2D eigenvalue weighted by Crippen LogP contribution is 2.29. The van der Waals surface area contributed by atoms with Gasteiger partial charge in [-0.2, -0.15) is 0 Å². The number of hydrogen-bond acceptors (Lipinski definition) is 2. The fraction of sp³-hybridized carbons (Fsp3) is 0.462. The first-order valence-electron chi connectivity index (χ1n) is 5.59. The van der Waals surface area contributed by atoms with Gasteiger partial charge in [-0.3, -0.25) is 4.79 Å². The van der Waals surface area contributed by atoms with Gasteiger partial charge < -0.3 is 5.32 Å². The van der Waals surface area contributed by atoms with Crippen LogP contribution < -0.4 is 5.32 Å². The summed E-state index contributed by atoms with van der Waals surface area (Å²) in [5, 5.41) is 2.79. The van der Waals surface area contributed by atoms with E-state index in [1.165, 1.54) is 23.3 Å². The molecule has 0 saturated heterocycles. The molecule has 16 heavy (non-hydrogen) atoms. The molecule has 2 rings (SSSR count). The zero-order valence-electron chi connectivity index (χ0n) is 9.38. The summed E-state index contributed by atoms with van der Waals surface area (Å²) in [6, 6.07) is 1.82. The van der Waals surface area contributed by atoms with Crippen LogP contribution in [0.4, 0.5) is 0 Å². The number of thiophene rings is 1. The lowest BCUT2D eigenvalue weighted by atomic mass is 9.99. The predicted molar refractivity (Wildman–Crippen MR) is 66.7 cm³/mol. The maximum absolute atomic E-state index is 11.8. The predicted octanol–water partition coefficient (Wildman–Crippen LogP) is 2.38. The standard InChI is InChI=1S/C13H15NOS/c1-3-9(2)14-13(15)12-8-10-6-4-5-7-11(10)16-12/h1,8-9H,4-7H2,2H3,(H,14,15). The van der Waals surface area contributed by atoms with Gasteiger partial charge in [0.15, 0.2) is 0 Å². The van der Waals surface area contributed by atoms with Crippen molar-refractivity contribution in [3.63, 3.8) is 0 Å². The fourth-order valence-corrected chi connectivity index (χ4v) is 3.07. The molecule has 1 unspecified atom stereocenters. The zero-order valence-corrected chi connectivity index (χ0v) is 10.2. The van der Waals surface area contributed by atoms with E-state index >= 15 is 0 Å². The zero-order chi connectivity index (χ0) is 11.5.